The minimum absolute atomic E-state index is 0.0865. The second-order valence-electron chi connectivity index (χ2n) is 8.63. The lowest BCUT2D eigenvalue weighted by Crippen LogP contribution is -2.57. The maximum atomic E-state index is 13.8. The molecule has 2 fully saturated rings. The zero-order valence-electron chi connectivity index (χ0n) is 20.4. The molecule has 36 heavy (non-hydrogen) atoms. The summed E-state index contributed by atoms with van der Waals surface area (Å²) < 4.78 is 6.64. The number of anilines is 1. The molecular weight excluding hydrogens is 502 g/mol. The number of nitrogens with zero attached hydrogens (tertiary/aromatic N) is 4. The summed E-state index contributed by atoms with van der Waals surface area (Å²) in [4.78, 5) is 60.1. The number of carbonyl (C=O) groups is 3. The third-order valence-corrected chi connectivity index (χ3v) is 7.72. The smallest absolute Gasteiger partial charge is 0.308 e. The van der Waals surface area contributed by atoms with Crippen molar-refractivity contribution in [3.63, 3.8) is 0 Å². The van der Waals surface area contributed by atoms with E-state index in [1.807, 2.05) is 26.8 Å². The summed E-state index contributed by atoms with van der Waals surface area (Å²) in [5.74, 6) is -0.979. The van der Waals surface area contributed by atoms with Gasteiger partial charge in [-0.2, -0.15) is 0 Å². The molecule has 0 spiro atoms. The summed E-state index contributed by atoms with van der Waals surface area (Å²) in [6, 6.07) is 2.56. The summed E-state index contributed by atoms with van der Waals surface area (Å²) in [5, 5.41) is 2.76. The van der Waals surface area contributed by atoms with E-state index in [1.54, 1.807) is 22.1 Å². The van der Waals surface area contributed by atoms with Gasteiger partial charge in [0.1, 0.15) is 21.8 Å². The quantitative estimate of drug-likeness (QED) is 0.340. The van der Waals surface area contributed by atoms with Crippen LogP contribution in [0.3, 0.4) is 0 Å². The van der Waals surface area contributed by atoms with E-state index in [9.17, 15) is 19.2 Å². The van der Waals surface area contributed by atoms with E-state index in [2.05, 4.69) is 5.32 Å². The Morgan fingerprint density at radius 2 is 2.14 bits per heavy atom. The van der Waals surface area contributed by atoms with Crippen LogP contribution in [0.4, 0.5) is 5.82 Å². The molecular formula is C24H27N5O5S2. The van der Waals surface area contributed by atoms with Crippen LogP contribution in [0.25, 0.3) is 11.7 Å². The fourth-order valence-electron chi connectivity index (χ4n) is 4.23. The minimum Gasteiger partial charge on any atom is -0.469 e. The molecule has 2 atom stereocenters. The minimum atomic E-state index is -0.925. The van der Waals surface area contributed by atoms with Crippen molar-refractivity contribution in [3.8, 4) is 0 Å². The number of amides is 2. The Bertz CT molecular complexity index is 1350. The van der Waals surface area contributed by atoms with Gasteiger partial charge < -0.3 is 15.0 Å². The van der Waals surface area contributed by atoms with Crippen LogP contribution in [-0.2, 0) is 19.1 Å². The number of aryl methyl sites for hydroxylation is 1. The number of carbonyl (C=O) groups excluding carboxylic acids is 3. The van der Waals surface area contributed by atoms with Crippen molar-refractivity contribution in [1.82, 2.24) is 19.6 Å². The van der Waals surface area contributed by atoms with Crippen LogP contribution in [0, 0.1) is 6.92 Å². The molecule has 12 heteroatoms. The summed E-state index contributed by atoms with van der Waals surface area (Å²) in [7, 11) is 1.25. The molecule has 0 aromatic carbocycles. The zero-order valence-corrected chi connectivity index (χ0v) is 22.1. The Balaban J connectivity index is 1.92. The number of piperazine rings is 1. The molecule has 1 N–H and O–H groups in total. The largest absolute Gasteiger partial charge is 0.469 e. The standard InChI is InChI=1S/C24H27N5O5S2/c1-5-14(3)29-23(33)17(36-24(29)35)11-15-20(26-19-13(2)7-6-9-28(19)22(15)32)27-10-8-25-21(31)16(27)12-18(30)34-4/h6-7,9,11,14,16H,5,8,10,12H2,1-4H3,(H,25,31)/b17-11-/t14-,16+/m0/s1. The third kappa shape index (κ3) is 4.62. The van der Waals surface area contributed by atoms with Crippen molar-refractivity contribution in [2.75, 3.05) is 25.1 Å². The molecule has 2 aromatic rings. The summed E-state index contributed by atoms with van der Waals surface area (Å²) in [6.07, 6.45) is 3.62. The maximum Gasteiger partial charge on any atom is 0.308 e. The fraction of sp³-hybridized carbons (Fsp3) is 0.417. The summed E-state index contributed by atoms with van der Waals surface area (Å²) in [5.41, 5.74) is 0.934. The molecule has 0 bridgehead atoms. The first-order chi connectivity index (χ1) is 17.2. The van der Waals surface area contributed by atoms with Crippen LogP contribution in [0.2, 0.25) is 0 Å². The first-order valence-electron chi connectivity index (χ1n) is 11.6. The van der Waals surface area contributed by atoms with Gasteiger partial charge in [0.15, 0.2) is 0 Å². The Morgan fingerprint density at radius 1 is 1.39 bits per heavy atom. The molecule has 0 radical (unpaired) electrons. The average molecular weight is 530 g/mol. The number of hydrogen-bond acceptors (Lipinski definition) is 9. The van der Waals surface area contributed by atoms with Gasteiger partial charge in [-0.05, 0) is 38.0 Å². The van der Waals surface area contributed by atoms with Gasteiger partial charge in [0.05, 0.1) is 24.0 Å². The Hall–Kier alpha value is -3.25. The van der Waals surface area contributed by atoms with Crippen molar-refractivity contribution in [1.29, 1.82) is 0 Å². The second-order valence-corrected chi connectivity index (χ2v) is 10.3. The lowest BCUT2D eigenvalue weighted by atomic mass is 10.1. The Labute approximate surface area is 217 Å². The molecule has 0 saturated carbocycles. The second kappa shape index (κ2) is 10.4. The number of thioether (sulfide) groups is 1. The van der Waals surface area contributed by atoms with Gasteiger partial charge in [0.25, 0.3) is 11.5 Å². The van der Waals surface area contributed by atoms with Gasteiger partial charge in [-0.25, -0.2) is 4.98 Å². The highest BCUT2D eigenvalue weighted by Crippen LogP contribution is 2.35. The molecule has 190 valence electrons. The predicted molar refractivity (Wildman–Crippen MR) is 142 cm³/mol. The van der Waals surface area contributed by atoms with Crippen LogP contribution >= 0.6 is 24.0 Å². The number of esters is 1. The van der Waals surface area contributed by atoms with Crippen molar-refractivity contribution in [2.45, 2.75) is 45.7 Å². The van der Waals surface area contributed by atoms with Crippen LogP contribution in [0.15, 0.2) is 28.0 Å². The van der Waals surface area contributed by atoms with E-state index in [0.29, 0.717) is 28.0 Å². The SMILES string of the molecule is CC[C@H](C)N1C(=O)/C(=C/c2c(N3CCNC(=O)[C@H]3CC(=O)OC)nc3c(C)cccn3c2=O)SC1=S. The van der Waals surface area contributed by atoms with Crippen molar-refractivity contribution >= 4 is 63.6 Å². The number of thiocarbonyl (C=S) groups is 1. The van der Waals surface area contributed by atoms with Crippen LogP contribution in [0.1, 0.15) is 37.8 Å². The molecule has 4 heterocycles. The molecule has 2 aromatic heterocycles. The summed E-state index contributed by atoms with van der Waals surface area (Å²) in [6.45, 7) is 6.34. The summed E-state index contributed by atoms with van der Waals surface area (Å²) >= 11 is 6.58. The first-order valence-corrected chi connectivity index (χ1v) is 12.8. The molecule has 2 amide bonds. The van der Waals surface area contributed by atoms with Gasteiger partial charge in [-0.1, -0.05) is 37.0 Å². The number of pyridine rings is 1. The molecule has 10 nitrogen and oxygen atoms in total. The monoisotopic (exact) mass is 529 g/mol. The number of hydrogen-bond donors (Lipinski definition) is 1. The van der Waals surface area contributed by atoms with Gasteiger partial charge in [0.2, 0.25) is 5.91 Å². The van der Waals surface area contributed by atoms with Gasteiger partial charge in [-0.3, -0.25) is 28.5 Å². The Morgan fingerprint density at radius 3 is 2.83 bits per heavy atom. The van der Waals surface area contributed by atoms with E-state index in [-0.39, 0.29) is 35.7 Å². The number of fused-ring (bicyclic) bond motifs is 1. The number of nitrogens with one attached hydrogen (secondary N) is 1. The molecule has 0 unspecified atom stereocenters. The van der Waals surface area contributed by atoms with E-state index < -0.39 is 17.6 Å². The average Bonchev–Trinajstić information content (AvgIpc) is 3.14. The van der Waals surface area contributed by atoms with E-state index in [4.69, 9.17) is 21.9 Å². The molecule has 0 aliphatic carbocycles. The van der Waals surface area contributed by atoms with Crippen molar-refractivity contribution < 1.29 is 19.1 Å². The van der Waals surface area contributed by atoms with Gasteiger partial charge >= 0.3 is 5.97 Å². The Kier molecular flexibility index (Phi) is 7.46. The van der Waals surface area contributed by atoms with E-state index >= 15 is 0 Å². The fourth-order valence-corrected chi connectivity index (χ4v) is 5.68. The highest BCUT2D eigenvalue weighted by molar-refractivity contribution is 8.26. The lowest BCUT2D eigenvalue weighted by Gasteiger charge is -2.36. The molecule has 4 rings (SSSR count). The van der Waals surface area contributed by atoms with Gasteiger partial charge in [0, 0.05) is 25.3 Å². The first kappa shape index (κ1) is 25.8. The van der Waals surface area contributed by atoms with Crippen molar-refractivity contribution in [2.24, 2.45) is 0 Å². The van der Waals surface area contributed by atoms with Crippen LogP contribution in [-0.4, -0.2) is 68.7 Å². The van der Waals surface area contributed by atoms with Crippen LogP contribution in [0.5, 0.6) is 0 Å². The number of aromatic nitrogens is 2. The maximum absolute atomic E-state index is 13.8. The van der Waals surface area contributed by atoms with E-state index in [1.165, 1.54) is 17.6 Å². The highest BCUT2D eigenvalue weighted by Gasteiger charge is 2.37. The number of methoxy groups -OCH3 is 1. The zero-order chi connectivity index (χ0) is 26.1. The van der Waals surface area contributed by atoms with Gasteiger partial charge in [-0.15, -0.1) is 0 Å². The highest BCUT2D eigenvalue weighted by atomic mass is 32.2. The number of rotatable bonds is 6. The molecule has 2 saturated heterocycles. The molecule has 2 aliphatic rings. The topological polar surface area (TPSA) is 113 Å². The normalized spacial score (nSPS) is 20.3. The lowest BCUT2D eigenvalue weighted by molar-refractivity contribution is -0.143. The predicted octanol–water partition coefficient (Wildman–Crippen LogP) is 1.87. The van der Waals surface area contributed by atoms with E-state index in [0.717, 1.165) is 23.7 Å². The molecule has 2 aliphatic heterocycles. The number of ether oxygens (including phenoxy) is 1. The third-order valence-electron chi connectivity index (χ3n) is 6.39. The van der Waals surface area contributed by atoms with Crippen LogP contribution < -0.4 is 15.8 Å². The van der Waals surface area contributed by atoms with Crippen molar-refractivity contribution in [3.05, 3.63) is 44.7 Å².